The lowest BCUT2D eigenvalue weighted by Gasteiger charge is -2.37. The van der Waals surface area contributed by atoms with Crippen molar-refractivity contribution in [3.8, 4) is 5.75 Å². The van der Waals surface area contributed by atoms with Gasteiger partial charge in [-0.2, -0.15) is 0 Å². The van der Waals surface area contributed by atoms with Crippen LogP contribution in [0.1, 0.15) is 78.0 Å². The van der Waals surface area contributed by atoms with Crippen LogP contribution in [-0.2, 0) is 14.3 Å². The number of nitrogens with one attached hydrogen (secondary N) is 2. The molecule has 2 unspecified atom stereocenters. The maximum atomic E-state index is 13.5. The summed E-state index contributed by atoms with van der Waals surface area (Å²) in [4.78, 5) is 40.4. The first-order valence-corrected chi connectivity index (χ1v) is 11.8. The van der Waals surface area contributed by atoms with Gasteiger partial charge in [-0.1, -0.05) is 38.0 Å². The maximum Gasteiger partial charge on any atom is 0.408 e. The molecule has 3 amide bonds. The zero-order valence-electron chi connectivity index (χ0n) is 21.5. The molecule has 0 bridgehead atoms. The van der Waals surface area contributed by atoms with Crippen LogP contribution in [0.25, 0.3) is 0 Å². The van der Waals surface area contributed by atoms with Gasteiger partial charge in [0.15, 0.2) is 0 Å². The number of phenolic OH excluding ortho intramolecular Hbond substituents is 1. The van der Waals surface area contributed by atoms with Gasteiger partial charge < -0.3 is 30.5 Å². The van der Waals surface area contributed by atoms with E-state index in [1.807, 2.05) is 0 Å². The van der Waals surface area contributed by atoms with Crippen LogP contribution >= 0.6 is 0 Å². The third-order valence-electron chi connectivity index (χ3n) is 5.15. The van der Waals surface area contributed by atoms with Gasteiger partial charge in [0.2, 0.25) is 11.8 Å². The summed E-state index contributed by atoms with van der Waals surface area (Å²) in [6, 6.07) is 2.01. The fourth-order valence-corrected chi connectivity index (χ4v) is 3.50. The van der Waals surface area contributed by atoms with Gasteiger partial charge in [0.25, 0.3) is 0 Å². The van der Waals surface area contributed by atoms with Gasteiger partial charge >= 0.3 is 6.09 Å². The van der Waals surface area contributed by atoms with E-state index in [1.54, 1.807) is 59.7 Å². The van der Waals surface area contributed by atoms with Gasteiger partial charge in [-0.15, -0.1) is 0 Å². The number of aliphatic hydroxyl groups is 1. The zero-order valence-corrected chi connectivity index (χ0v) is 21.5. The van der Waals surface area contributed by atoms with Gasteiger partial charge in [-0.05, 0) is 53.5 Å². The Morgan fingerprint density at radius 3 is 2.32 bits per heavy atom. The van der Waals surface area contributed by atoms with Crippen molar-refractivity contribution in [2.45, 2.75) is 91.5 Å². The first-order chi connectivity index (χ1) is 15.8. The van der Waals surface area contributed by atoms with Crippen LogP contribution in [0.2, 0.25) is 0 Å². The fourth-order valence-electron chi connectivity index (χ4n) is 3.50. The molecule has 0 saturated heterocycles. The van der Waals surface area contributed by atoms with Crippen molar-refractivity contribution in [1.82, 2.24) is 15.5 Å². The molecule has 34 heavy (non-hydrogen) atoms. The van der Waals surface area contributed by atoms with Crippen molar-refractivity contribution in [2.24, 2.45) is 0 Å². The van der Waals surface area contributed by atoms with E-state index in [0.717, 1.165) is 19.3 Å². The number of para-hydroxylation sites is 1. The second kappa shape index (κ2) is 13.2. The van der Waals surface area contributed by atoms with Gasteiger partial charge in [0.05, 0.1) is 6.61 Å². The summed E-state index contributed by atoms with van der Waals surface area (Å²) in [7, 11) is 0. The van der Waals surface area contributed by atoms with Gasteiger partial charge in [0, 0.05) is 18.2 Å². The van der Waals surface area contributed by atoms with Gasteiger partial charge in [-0.3, -0.25) is 9.59 Å². The van der Waals surface area contributed by atoms with Gasteiger partial charge in [-0.25, -0.2) is 4.79 Å². The van der Waals surface area contributed by atoms with E-state index in [0.29, 0.717) is 12.1 Å². The number of alkyl carbamates (subject to hydrolysis) is 1. The highest BCUT2D eigenvalue weighted by Crippen LogP contribution is 2.33. The molecular weight excluding hydrogens is 438 g/mol. The summed E-state index contributed by atoms with van der Waals surface area (Å²) in [6.07, 6.45) is 1.86. The number of hydrogen-bond acceptors (Lipinski definition) is 6. The normalized spacial score (nSPS) is 13.2. The average molecular weight is 480 g/mol. The second-order valence-corrected chi connectivity index (χ2v) is 9.63. The van der Waals surface area contributed by atoms with Crippen LogP contribution in [0, 0.1) is 6.92 Å². The molecule has 0 fully saturated rings. The molecule has 1 aromatic carbocycles. The van der Waals surface area contributed by atoms with E-state index in [1.165, 1.54) is 4.90 Å². The lowest BCUT2D eigenvalue weighted by molar-refractivity contribution is -0.145. The Kier molecular flexibility index (Phi) is 11.3. The maximum absolute atomic E-state index is 13.5. The van der Waals surface area contributed by atoms with Crippen molar-refractivity contribution >= 4 is 17.9 Å². The minimum atomic E-state index is -1.33. The van der Waals surface area contributed by atoms with Gasteiger partial charge in [0.1, 0.15) is 23.4 Å². The number of hydrogen-bond donors (Lipinski definition) is 4. The molecule has 0 radical (unpaired) electrons. The Labute approximate surface area is 202 Å². The summed E-state index contributed by atoms with van der Waals surface area (Å²) in [5.74, 6) is -1.21. The summed E-state index contributed by atoms with van der Waals surface area (Å²) < 4.78 is 5.21. The first-order valence-electron chi connectivity index (χ1n) is 11.8. The number of amides is 3. The van der Waals surface area contributed by atoms with E-state index >= 15 is 0 Å². The Morgan fingerprint density at radius 1 is 1.15 bits per heavy atom. The Morgan fingerprint density at radius 2 is 1.79 bits per heavy atom. The van der Waals surface area contributed by atoms with E-state index in [-0.39, 0.29) is 11.3 Å². The van der Waals surface area contributed by atoms with Crippen LogP contribution in [-0.4, -0.2) is 63.9 Å². The molecule has 0 aliphatic rings. The number of rotatable bonds is 11. The highest BCUT2D eigenvalue weighted by Gasteiger charge is 2.38. The topological polar surface area (TPSA) is 128 Å². The number of benzene rings is 1. The number of phenols is 1. The molecule has 1 aromatic rings. The second-order valence-electron chi connectivity index (χ2n) is 9.63. The third-order valence-corrected chi connectivity index (χ3v) is 5.15. The molecule has 0 aliphatic carbocycles. The number of carbonyl (C=O) groups excluding carboxylic acids is 3. The number of nitrogens with zero attached hydrogens (tertiary/aromatic N) is 1. The number of unbranched alkanes of at least 4 members (excludes halogenated alkanes) is 2. The van der Waals surface area contributed by atoms with Crippen molar-refractivity contribution < 1.29 is 29.3 Å². The van der Waals surface area contributed by atoms with Crippen LogP contribution in [0.4, 0.5) is 4.79 Å². The van der Waals surface area contributed by atoms with E-state index in [2.05, 4.69) is 17.6 Å². The third kappa shape index (κ3) is 8.52. The molecule has 4 N–H and O–H groups in total. The predicted molar refractivity (Wildman–Crippen MR) is 130 cm³/mol. The quantitative estimate of drug-likeness (QED) is 0.361. The molecule has 2 atom stereocenters. The fraction of sp³-hybridized carbons (Fsp3) is 0.640. The Hall–Kier alpha value is -2.81. The smallest absolute Gasteiger partial charge is 0.408 e. The highest BCUT2D eigenvalue weighted by molar-refractivity contribution is 5.92. The van der Waals surface area contributed by atoms with Crippen molar-refractivity contribution in [1.29, 1.82) is 0 Å². The van der Waals surface area contributed by atoms with Crippen molar-refractivity contribution in [2.75, 3.05) is 13.2 Å². The summed E-state index contributed by atoms with van der Waals surface area (Å²) in [5, 5.41) is 25.9. The molecule has 0 spiro atoms. The van der Waals surface area contributed by atoms with Crippen molar-refractivity contribution in [3.63, 3.8) is 0 Å². The average Bonchev–Trinajstić information content (AvgIpc) is 2.73. The van der Waals surface area contributed by atoms with E-state index in [9.17, 15) is 24.6 Å². The van der Waals surface area contributed by atoms with Crippen LogP contribution in [0.5, 0.6) is 5.75 Å². The number of aromatic hydroxyl groups is 1. The lowest BCUT2D eigenvalue weighted by atomic mass is 9.98. The minimum absolute atomic E-state index is 0.0877. The standard InChI is InChI=1S/C25H41N3O6/c1-8-9-10-14-26-22(31)20(18-13-11-12-17(4)21(18)30)28(16(2)3)23(32)19(15-29)27-24(33)34-25(5,6)7/h11-13,16,19-20,29-30H,8-10,14-15H2,1-7H3,(H,26,31)(H,27,33). The van der Waals surface area contributed by atoms with Crippen LogP contribution in [0.15, 0.2) is 18.2 Å². The highest BCUT2D eigenvalue weighted by atomic mass is 16.6. The molecule has 1 rings (SSSR count). The molecule has 0 heterocycles. The zero-order chi connectivity index (χ0) is 26.1. The monoisotopic (exact) mass is 479 g/mol. The van der Waals surface area contributed by atoms with Crippen LogP contribution < -0.4 is 10.6 Å². The molecule has 0 aliphatic heterocycles. The molecular formula is C25H41N3O6. The molecule has 0 saturated carbocycles. The number of aliphatic hydroxyl groups excluding tert-OH is 1. The Balaban J connectivity index is 3.36. The predicted octanol–water partition coefficient (Wildman–Crippen LogP) is 3.17. The number of ether oxygens (including phenoxy) is 1. The molecule has 9 heteroatoms. The minimum Gasteiger partial charge on any atom is -0.507 e. The molecule has 0 aromatic heterocycles. The molecule has 9 nitrogen and oxygen atoms in total. The summed E-state index contributed by atoms with van der Waals surface area (Å²) in [6.45, 7) is 12.0. The summed E-state index contributed by atoms with van der Waals surface area (Å²) >= 11 is 0. The van der Waals surface area contributed by atoms with E-state index < -0.39 is 48.2 Å². The summed E-state index contributed by atoms with van der Waals surface area (Å²) in [5.41, 5.74) is 0.0334. The van der Waals surface area contributed by atoms with Crippen molar-refractivity contribution in [3.05, 3.63) is 29.3 Å². The van der Waals surface area contributed by atoms with Crippen LogP contribution in [0.3, 0.4) is 0 Å². The SMILES string of the molecule is CCCCCNC(=O)C(c1cccc(C)c1O)N(C(=O)C(CO)NC(=O)OC(C)(C)C)C(C)C. The number of aryl methyl sites for hydroxylation is 1. The number of carbonyl (C=O) groups is 3. The first kappa shape index (κ1) is 29.2. The molecule has 192 valence electrons. The van der Waals surface area contributed by atoms with E-state index in [4.69, 9.17) is 4.74 Å². The Bertz CT molecular complexity index is 834. The lowest BCUT2D eigenvalue weighted by Crippen LogP contribution is -2.56. The largest absolute Gasteiger partial charge is 0.507 e.